The van der Waals surface area contributed by atoms with Crippen molar-refractivity contribution < 1.29 is 15.0 Å². The molecule has 1 fully saturated rings. The Morgan fingerprint density at radius 2 is 1.95 bits per heavy atom. The second kappa shape index (κ2) is 7.41. The van der Waals surface area contributed by atoms with E-state index in [-0.39, 0.29) is 12.0 Å². The first kappa shape index (κ1) is 15.0. The Labute approximate surface area is 119 Å². The van der Waals surface area contributed by atoms with Crippen molar-refractivity contribution in [2.75, 3.05) is 13.1 Å². The summed E-state index contributed by atoms with van der Waals surface area (Å²) in [5.41, 5.74) is 0.816. The van der Waals surface area contributed by atoms with Gasteiger partial charge in [-0.1, -0.05) is 43.2 Å². The molecule has 0 amide bonds. The Morgan fingerprint density at radius 3 is 2.60 bits per heavy atom. The second-order valence-electron chi connectivity index (χ2n) is 5.57. The van der Waals surface area contributed by atoms with Gasteiger partial charge in [-0.05, 0) is 24.3 Å². The fourth-order valence-electron chi connectivity index (χ4n) is 2.87. The van der Waals surface area contributed by atoms with Crippen LogP contribution in [0.4, 0.5) is 0 Å². The third-order valence-corrected chi connectivity index (χ3v) is 4.12. The lowest BCUT2D eigenvalue weighted by atomic mass is 9.86. The molecule has 3 N–H and O–H groups in total. The molecule has 1 aromatic rings. The quantitative estimate of drug-likeness (QED) is 0.744. The van der Waals surface area contributed by atoms with E-state index in [0.29, 0.717) is 13.1 Å². The van der Waals surface area contributed by atoms with E-state index in [2.05, 4.69) is 5.32 Å². The van der Waals surface area contributed by atoms with Crippen molar-refractivity contribution in [3.05, 3.63) is 35.9 Å². The van der Waals surface area contributed by atoms with Crippen molar-refractivity contribution in [2.45, 2.75) is 37.7 Å². The Balaban J connectivity index is 1.85. The summed E-state index contributed by atoms with van der Waals surface area (Å²) < 4.78 is 0. The highest BCUT2D eigenvalue weighted by Crippen LogP contribution is 2.24. The summed E-state index contributed by atoms with van der Waals surface area (Å²) in [5, 5.41) is 22.5. The monoisotopic (exact) mass is 277 g/mol. The smallest absolute Gasteiger partial charge is 0.312 e. The zero-order valence-corrected chi connectivity index (χ0v) is 11.7. The average molecular weight is 277 g/mol. The Bertz CT molecular complexity index is 421. The van der Waals surface area contributed by atoms with Gasteiger partial charge in [0, 0.05) is 13.1 Å². The number of carbonyl (C=O) groups is 1. The summed E-state index contributed by atoms with van der Waals surface area (Å²) in [6, 6.07) is 9.28. The molecule has 1 aliphatic rings. The van der Waals surface area contributed by atoms with Gasteiger partial charge < -0.3 is 15.5 Å². The van der Waals surface area contributed by atoms with Crippen LogP contribution in [0.2, 0.25) is 0 Å². The summed E-state index contributed by atoms with van der Waals surface area (Å²) in [4.78, 5) is 11.4. The van der Waals surface area contributed by atoms with Gasteiger partial charge in [0.25, 0.3) is 0 Å². The third-order valence-electron chi connectivity index (χ3n) is 4.12. The molecule has 2 rings (SSSR count). The van der Waals surface area contributed by atoms with Gasteiger partial charge >= 0.3 is 5.97 Å². The first-order valence-corrected chi connectivity index (χ1v) is 7.35. The highest BCUT2D eigenvalue weighted by atomic mass is 16.4. The molecule has 4 heteroatoms. The molecule has 1 aliphatic carbocycles. The minimum absolute atomic E-state index is 0.240. The third kappa shape index (κ3) is 4.05. The van der Waals surface area contributed by atoms with E-state index in [0.717, 1.165) is 31.2 Å². The fraction of sp³-hybridized carbons (Fsp3) is 0.562. The lowest BCUT2D eigenvalue weighted by Gasteiger charge is -2.28. The highest BCUT2D eigenvalue weighted by molar-refractivity contribution is 5.76. The predicted molar refractivity (Wildman–Crippen MR) is 77.7 cm³/mol. The average Bonchev–Trinajstić information content (AvgIpc) is 2.46. The number of nitrogens with one attached hydrogen (secondary N) is 1. The number of aliphatic carboxylic acids is 1. The van der Waals surface area contributed by atoms with Crippen molar-refractivity contribution in [3.8, 4) is 0 Å². The Kier molecular flexibility index (Phi) is 5.56. The molecule has 3 unspecified atom stereocenters. The van der Waals surface area contributed by atoms with E-state index in [9.17, 15) is 15.0 Å². The molecule has 0 heterocycles. The minimum Gasteiger partial charge on any atom is -0.481 e. The number of hydrogen-bond acceptors (Lipinski definition) is 3. The summed E-state index contributed by atoms with van der Waals surface area (Å²) in [6.45, 7) is 1.10. The maximum Gasteiger partial charge on any atom is 0.312 e. The van der Waals surface area contributed by atoms with Crippen LogP contribution in [-0.4, -0.2) is 35.4 Å². The van der Waals surface area contributed by atoms with Crippen molar-refractivity contribution in [2.24, 2.45) is 5.92 Å². The van der Waals surface area contributed by atoms with Gasteiger partial charge in [0.05, 0.1) is 12.0 Å². The molecular formula is C16H23NO3. The zero-order valence-electron chi connectivity index (χ0n) is 11.7. The van der Waals surface area contributed by atoms with Crippen LogP contribution in [0.15, 0.2) is 30.3 Å². The molecular weight excluding hydrogens is 254 g/mol. The molecule has 3 atom stereocenters. The normalized spacial score (nSPS) is 24.2. The van der Waals surface area contributed by atoms with Crippen molar-refractivity contribution in [1.82, 2.24) is 5.32 Å². The molecule has 0 radical (unpaired) electrons. The number of hydrogen-bond donors (Lipinski definition) is 3. The highest BCUT2D eigenvalue weighted by Gasteiger charge is 2.24. The van der Waals surface area contributed by atoms with Gasteiger partial charge in [0.1, 0.15) is 0 Å². The van der Waals surface area contributed by atoms with Crippen LogP contribution in [0.3, 0.4) is 0 Å². The van der Waals surface area contributed by atoms with Crippen LogP contribution in [0, 0.1) is 5.92 Å². The second-order valence-corrected chi connectivity index (χ2v) is 5.57. The lowest BCUT2D eigenvalue weighted by Crippen LogP contribution is -2.36. The van der Waals surface area contributed by atoms with E-state index in [1.165, 1.54) is 0 Å². The van der Waals surface area contributed by atoms with Crippen LogP contribution in [0.1, 0.15) is 37.2 Å². The molecule has 0 aromatic heterocycles. The molecule has 110 valence electrons. The standard InChI is InChI=1S/C16H23NO3/c18-15-9-5-4-8-13(15)10-17-11-14(16(19)20)12-6-2-1-3-7-12/h1-3,6-7,13-15,17-18H,4-5,8-11H2,(H,19,20). The van der Waals surface area contributed by atoms with E-state index in [1.807, 2.05) is 30.3 Å². The predicted octanol–water partition coefficient (Wildman–Crippen LogP) is 2.00. The number of aliphatic hydroxyl groups is 1. The van der Waals surface area contributed by atoms with Crippen LogP contribution in [0.25, 0.3) is 0 Å². The van der Waals surface area contributed by atoms with E-state index >= 15 is 0 Å². The fourth-order valence-corrected chi connectivity index (χ4v) is 2.87. The first-order valence-electron chi connectivity index (χ1n) is 7.35. The van der Waals surface area contributed by atoms with Gasteiger partial charge in [0.15, 0.2) is 0 Å². The maximum atomic E-state index is 11.4. The topological polar surface area (TPSA) is 69.6 Å². The Morgan fingerprint density at radius 1 is 1.25 bits per heavy atom. The van der Waals surface area contributed by atoms with E-state index < -0.39 is 11.9 Å². The van der Waals surface area contributed by atoms with Crippen LogP contribution >= 0.6 is 0 Å². The van der Waals surface area contributed by atoms with Crippen LogP contribution in [0.5, 0.6) is 0 Å². The van der Waals surface area contributed by atoms with Crippen molar-refractivity contribution in [3.63, 3.8) is 0 Å². The first-order chi connectivity index (χ1) is 9.68. The van der Waals surface area contributed by atoms with Crippen molar-refractivity contribution >= 4 is 5.97 Å². The van der Waals surface area contributed by atoms with Crippen LogP contribution < -0.4 is 5.32 Å². The maximum absolute atomic E-state index is 11.4. The molecule has 1 saturated carbocycles. The van der Waals surface area contributed by atoms with E-state index in [1.54, 1.807) is 0 Å². The summed E-state index contributed by atoms with van der Waals surface area (Å²) in [7, 11) is 0. The number of benzene rings is 1. The number of carboxylic acid groups (broad SMARTS) is 1. The zero-order chi connectivity index (χ0) is 14.4. The lowest BCUT2D eigenvalue weighted by molar-refractivity contribution is -0.138. The van der Waals surface area contributed by atoms with Crippen molar-refractivity contribution in [1.29, 1.82) is 0 Å². The van der Waals surface area contributed by atoms with Gasteiger partial charge in [0.2, 0.25) is 0 Å². The molecule has 0 aliphatic heterocycles. The number of rotatable bonds is 6. The molecule has 20 heavy (non-hydrogen) atoms. The molecule has 0 spiro atoms. The molecule has 0 bridgehead atoms. The van der Waals surface area contributed by atoms with Gasteiger partial charge in [-0.3, -0.25) is 4.79 Å². The summed E-state index contributed by atoms with van der Waals surface area (Å²) >= 11 is 0. The number of carboxylic acids is 1. The van der Waals surface area contributed by atoms with Gasteiger partial charge in [-0.25, -0.2) is 0 Å². The number of aliphatic hydroxyl groups excluding tert-OH is 1. The molecule has 4 nitrogen and oxygen atoms in total. The molecule has 1 aromatic carbocycles. The minimum atomic E-state index is -0.812. The Hall–Kier alpha value is -1.39. The summed E-state index contributed by atoms with van der Waals surface area (Å²) in [5.74, 6) is -1.08. The van der Waals surface area contributed by atoms with E-state index in [4.69, 9.17) is 0 Å². The molecule has 0 saturated heterocycles. The van der Waals surface area contributed by atoms with Crippen LogP contribution in [-0.2, 0) is 4.79 Å². The van der Waals surface area contributed by atoms with Gasteiger partial charge in [-0.15, -0.1) is 0 Å². The SMILES string of the molecule is O=C(O)C(CNCC1CCCCC1O)c1ccccc1. The van der Waals surface area contributed by atoms with Gasteiger partial charge in [-0.2, -0.15) is 0 Å². The largest absolute Gasteiger partial charge is 0.481 e. The summed E-state index contributed by atoms with van der Waals surface area (Å²) in [6.07, 6.45) is 3.91.